The standard InChI is InChI=1S/C22H31N5O2/c1-5-6-15-29-19-9-7-18(8-10-19)21(28)26-11-13-27(14-12-26)22-23-17(2)16-20(24-22)25(3)4/h7-10,16H,5-6,11-15H2,1-4H3. The SMILES string of the molecule is CCCCOc1ccc(C(=O)N2CCN(c3nc(C)cc(N(C)C)n3)CC2)cc1. The van der Waals surface area contributed by atoms with Crippen molar-refractivity contribution in [2.24, 2.45) is 0 Å². The fraction of sp³-hybridized carbons (Fsp3) is 0.500. The number of rotatable bonds is 7. The van der Waals surface area contributed by atoms with Gasteiger partial charge in [0.15, 0.2) is 0 Å². The molecule has 2 aromatic rings. The first-order valence-corrected chi connectivity index (χ1v) is 10.3. The fourth-order valence-electron chi connectivity index (χ4n) is 3.23. The first-order valence-electron chi connectivity index (χ1n) is 10.3. The Balaban J connectivity index is 1.58. The number of aryl methyl sites for hydroxylation is 1. The number of carbonyl (C=O) groups excluding carboxylic acids is 1. The number of hydrogen-bond donors (Lipinski definition) is 0. The van der Waals surface area contributed by atoms with Crippen molar-refractivity contribution in [3.05, 3.63) is 41.6 Å². The van der Waals surface area contributed by atoms with Crippen molar-refractivity contribution in [1.29, 1.82) is 0 Å². The minimum absolute atomic E-state index is 0.0592. The van der Waals surface area contributed by atoms with E-state index < -0.39 is 0 Å². The Hall–Kier alpha value is -2.83. The smallest absolute Gasteiger partial charge is 0.253 e. The Morgan fingerprint density at radius 1 is 1.10 bits per heavy atom. The number of benzene rings is 1. The average molecular weight is 398 g/mol. The van der Waals surface area contributed by atoms with E-state index in [1.165, 1.54) is 0 Å². The number of hydrogen-bond acceptors (Lipinski definition) is 6. The molecular weight excluding hydrogens is 366 g/mol. The summed E-state index contributed by atoms with van der Waals surface area (Å²) in [5.41, 5.74) is 1.64. The van der Waals surface area contributed by atoms with Crippen LogP contribution in [-0.2, 0) is 0 Å². The molecule has 156 valence electrons. The Labute approximate surface area is 173 Å². The Bertz CT molecular complexity index is 814. The molecule has 0 saturated carbocycles. The topological polar surface area (TPSA) is 61.8 Å². The second kappa shape index (κ2) is 9.58. The van der Waals surface area contributed by atoms with E-state index >= 15 is 0 Å². The van der Waals surface area contributed by atoms with Crippen LogP contribution in [0.4, 0.5) is 11.8 Å². The van der Waals surface area contributed by atoms with Crippen molar-refractivity contribution in [3.63, 3.8) is 0 Å². The van der Waals surface area contributed by atoms with E-state index in [0.29, 0.717) is 25.3 Å². The van der Waals surface area contributed by atoms with Crippen LogP contribution in [0, 0.1) is 6.92 Å². The zero-order valence-corrected chi connectivity index (χ0v) is 17.9. The van der Waals surface area contributed by atoms with Crippen molar-refractivity contribution >= 4 is 17.7 Å². The third-order valence-electron chi connectivity index (χ3n) is 5.00. The van der Waals surface area contributed by atoms with E-state index in [0.717, 1.165) is 49.1 Å². The van der Waals surface area contributed by atoms with Crippen molar-refractivity contribution in [1.82, 2.24) is 14.9 Å². The summed E-state index contributed by atoms with van der Waals surface area (Å²) in [5.74, 6) is 2.50. The van der Waals surface area contributed by atoms with Gasteiger partial charge in [-0.05, 0) is 37.6 Å². The van der Waals surface area contributed by atoms with E-state index in [2.05, 4.69) is 21.8 Å². The van der Waals surface area contributed by atoms with Crippen molar-refractivity contribution in [2.45, 2.75) is 26.7 Å². The highest BCUT2D eigenvalue weighted by Gasteiger charge is 2.24. The molecule has 0 aliphatic carbocycles. The lowest BCUT2D eigenvalue weighted by atomic mass is 10.1. The van der Waals surface area contributed by atoms with Crippen molar-refractivity contribution in [2.75, 3.05) is 56.7 Å². The summed E-state index contributed by atoms with van der Waals surface area (Å²) in [6.45, 7) is 7.58. The number of aromatic nitrogens is 2. The van der Waals surface area contributed by atoms with Crippen molar-refractivity contribution in [3.8, 4) is 5.75 Å². The first-order chi connectivity index (χ1) is 14.0. The van der Waals surface area contributed by atoms with Gasteiger partial charge in [0.25, 0.3) is 5.91 Å². The maximum absolute atomic E-state index is 12.8. The van der Waals surface area contributed by atoms with Gasteiger partial charge in [-0.3, -0.25) is 4.79 Å². The van der Waals surface area contributed by atoms with E-state index in [-0.39, 0.29) is 5.91 Å². The minimum atomic E-state index is 0.0592. The summed E-state index contributed by atoms with van der Waals surface area (Å²) in [7, 11) is 3.95. The Morgan fingerprint density at radius 2 is 1.79 bits per heavy atom. The van der Waals surface area contributed by atoms with Gasteiger partial charge in [0, 0.05) is 57.6 Å². The van der Waals surface area contributed by atoms with Crippen LogP contribution in [0.5, 0.6) is 5.75 Å². The molecule has 0 N–H and O–H groups in total. The third kappa shape index (κ3) is 5.37. The molecule has 0 unspecified atom stereocenters. The molecular formula is C22H31N5O2. The second-order valence-electron chi connectivity index (χ2n) is 7.57. The number of nitrogens with zero attached hydrogens (tertiary/aromatic N) is 5. The van der Waals surface area contributed by atoms with Gasteiger partial charge in [-0.25, -0.2) is 4.98 Å². The highest BCUT2D eigenvalue weighted by Crippen LogP contribution is 2.19. The monoisotopic (exact) mass is 397 g/mol. The number of amides is 1. The molecule has 7 nitrogen and oxygen atoms in total. The van der Waals surface area contributed by atoms with Crippen LogP contribution in [0.1, 0.15) is 35.8 Å². The van der Waals surface area contributed by atoms with Gasteiger partial charge >= 0.3 is 0 Å². The largest absolute Gasteiger partial charge is 0.494 e. The van der Waals surface area contributed by atoms with Gasteiger partial charge in [0.1, 0.15) is 11.6 Å². The third-order valence-corrected chi connectivity index (χ3v) is 5.00. The predicted molar refractivity (Wildman–Crippen MR) is 116 cm³/mol. The summed E-state index contributed by atoms with van der Waals surface area (Å²) in [5, 5.41) is 0. The summed E-state index contributed by atoms with van der Waals surface area (Å²) in [6, 6.07) is 9.43. The number of piperazine rings is 1. The number of anilines is 2. The normalized spacial score (nSPS) is 14.1. The zero-order valence-electron chi connectivity index (χ0n) is 17.9. The maximum Gasteiger partial charge on any atom is 0.253 e. The van der Waals surface area contributed by atoms with E-state index in [1.807, 2.05) is 61.2 Å². The van der Waals surface area contributed by atoms with Crippen LogP contribution < -0.4 is 14.5 Å². The molecule has 1 amide bonds. The van der Waals surface area contributed by atoms with Crippen LogP contribution in [-0.4, -0.2) is 67.7 Å². The van der Waals surface area contributed by atoms with Gasteiger partial charge < -0.3 is 19.4 Å². The molecule has 1 aromatic heterocycles. The lowest BCUT2D eigenvalue weighted by molar-refractivity contribution is 0.0746. The van der Waals surface area contributed by atoms with Crippen LogP contribution in [0.25, 0.3) is 0 Å². The maximum atomic E-state index is 12.8. The molecule has 1 saturated heterocycles. The zero-order chi connectivity index (χ0) is 20.8. The first kappa shape index (κ1) is 20.9. The molecule has 7 heteroatoms. The van der Waals surface area contributed by atoms with Gasteiger partial charge in [0.2, 0.25) is 5.95 Å². The lowest BCUT2D eigenvalue weighted by Crippen LogP contribution is -2.49. The molecule has 2 heterocycles. The fourth-order valence-corrected chi connectivity index (χ4v) is 3.23. The molecule has 0 spiro atoms. The molecule has 0 bridgehead atoms. The van der Waals surface area contributed by atoms with Crippen molar-refractivity contribution < 1.29 is 9.53 Å². The minimum Gasteiger partial charge on any atom is -0.494 e. The number of ether oxygens (including phenoxy) is 1. The quantitative estimate of drug-likeness (QED) is 0.670. The Kier molecular flexibility index (Phi) is 6.90. The van der Waals surface area contributed by atoms with Crippen LogP contribution in [0.15, 0.2) is 30.3 Å². The van der Waals surface area contributed by atoms with Crippen LogP contribution >= 0.6 is 0 Å². The average Bonchev–Trinajstić information content (AvgIpc) is 2.73. The van der Waals surface area contributed by atoms with Gasteiger partial charge in [-0.2, -0.15) is 4.98 Å². The summed E-state index contributed by atoms with van der Waals surface area (Å²) >= 11 is 0. The van der Waals surface area contributed by atoms with Gasteiger partial charge in [-0.1, -0.05) is 13.3 Å². The molecule has 3 rings (SSSR count). The highest BCUT2D eigenvalue weighted by molar-refractivity contribution is 5.94. The molecule has 0 atom stereocenters. The second-order valence-corrected chi connectivity index (χ2v) is 7.57. The lowest BCUT2D eigenvalue weighted by Gasteiger charge is -2.35. The molecule has 1 aliphatic heterocycles. The van der Waals surface area contributed by atoms with Gasteiger partial charge in [-0.15, -0.1) is 0 Å². The predicted octanol–water partition coefficient (Wildman–Crippen LogP) is 2.99. The molecule has 1 fully saturated rings. The molecule has 0 radical (unpaired) electrons. The van der Waals surface area contributed by atoms with Gasteiger partial charge in [0.05, 0.1) is 6.61 Å². The van der Waals surface area contributed by atoms with Crippen LogP contribution in [0.3, 0.4) is 0 Å². The Morgan fingerprint density at radius 3 is 2.41 bits per heavy atom. The highest BCUT2D eigenvalue weighted by atomic mass is 16.5. The summed E-state index contributed by atoms with van der Waals surface area (Å²) in [6.07, 6.45) is 2.14. The van der Waals surface area contributed by atoms with E-state index in [1.54, 1.807) is 0 Å². The number of carbonyl (C=O) groups is 1. The summed E-state index contributed by atoms with van der Waals surface area (Å²) < 4.78 is 5.68. The van der Waals surface area contributed by atoms with E-state index in [9.17, 15) is 4.79 Å². The summed E-state index contributed by atoms with van der Waals surface area (Å²) in [4.78, 5) is 28.1. The van der Waals surface area contributed by atoms with Crippen LogP contribution in [0.2, 0.25) is 0 Å². The molecule has 1 aliphatic rings. The van der Waals surface area contributed by atoms with E-state index in [4.69, 9.17) is 4.74 Å². The number of unbranched alkanes of at least 4 members (excludes halogenated alkanes) is 1. The molecule has 1 aromatic carbocycles. The molecule has 29 heavy (non-hydrogen) atoms.